The first kappa shape index (κ1) is 14.9. The first-order chi connectivity index (χ1) is 9.59. The van der Waals surface area contributed by atoms with Crippen molar-refractivity contribution in [3.8, 4) is 0 Å². The predicted octanol–water partition coefficient (Wildman–Crippen LogP) is 0.904. The minimum atomic E-state index is -1.02. The van der Waals surface area contributed by atoms with Crippen LogP contribution in [-0.2, 0) is 15.1 Å². The fourth-order valence-corrected chi connectivity index (χ4v) is 2.60. The average molecular weight is 281 g/mol. The third-order valence-corrected chi connectivity index (χ3v) is 3.82. The number of carbonyl (C=O) groups is 1. The first-order valence-corrected chi connectivity index (χ1v) is 6.74. The van der Waals surface area contributed by atoms with Crippen LogP contribution in [0.15, 0.2) is 18.5 Å². The SMILES string of the molecule is COC(=O)C(C)(c1cncc(F)c1)N1CCCNCC1. The Morgan fingerprint density at radius 1 is 1.45 bits per heavy atom. The monoisotopic (exact) mass is 281 g/mol. The van der Waals surface area contributed by atoms with Crippen LogP contribution in [0.1, 0.15) is 18.9 Å². The number of carbonyl (C=O) groups excluding carboxylic acids is 1. The van der Waals surface area contributed by atoms with Gasteiger partial charge in [-0.1, -0.05) is 0 Å². The second kappa shape index (κ2) is 6.28. The van der Waals surface area contributed by atoms with Gasteiger partial charge in [-0.3, -0.25) is 9.88 Å². The van der Waals surface area contributed by atoms with Gasteiger partial charge in [0.1, 0.15) is 11.4 Å². The Labute approximate surface area is 118 Å². The van der Waals surface area contributed by atoms with E-state index in [1.54, 1.807) is 6.92 Å². The van der Waals surface area contributed by atoms with E-state index in [0.29, 0.717) is 12.1 Å². The van der Waals surface area contributed by atoms with E-state index >= 15 is 0 Å². The molecule has 110 valence electrons. The highest BCUT2D eigenvalue weighted by atomic mass is 19.1. The van der Waals surface area contributed by atoms with Gasteiger partial charge in [-0.15, -0.1) is 0 Å². The Morgan fingerprint density at radius 2 is 2.25 bits per heavy atom. The van der Waals surface area contributed by atoms with Crippen molar-refractivity contribution in [2.75, 3.05) is 33.3 Å². The molecule has 0 amide bonds. The van der Waals surface area contributed by atoms with Crippen LogP contribution in [-0.4, -0.2) is 49.1 Å². The summed E-state index contributed by atoms with van der Waals surface area (Å²) >= 11 is 0. The zero-order valence-electron chi connectivity index (χ0n) is 11.9. The van der Waals surface area contributed by atoms with E-state index in [9.17, 15) is 9.18 Å². The third-order valence-electron chi connectivity index (χ3n) is 3.82. The van der Waals surface area contributed by atoms with Gasteiger partial charge < -0.3 is 10.1 Å². The molecule has 0 aromatic carbocycles. The van der Waals surface area contributed by atoms with E-state index < -0.39 is 17.3 Å². The fourth-order valence-electron chi connectivity index (χ4n) is 2.60. The molecule has 0 aliphatic carbocycles. The van der Waals surface area contributed by atoms with Crippen molar-refractivity contribution in [1.29, 1.82) is 0 Å². The second-order valence-corrected chi connectivity index (χ2v) is 5.05. The van der Waals surface area contributed by atoms with Crippen LogP contribution < -0.4 is 5.32 Å². The van der Waals surface area contributed by atoms with E-state index in [-0.39, 0.29) is 0 Å². The largest absolute Gasteiger partial charge is 0.467 e. The van der Waals surface area contributed by atoms with Gasteiger partial charge in [-0.25, -0.2) is 9.18 Å². The molecule has 1 aromatic rings. The lowest BCUT2D eigenvalue weighted by atomic mass is 9.90. The molecule has 1 aliphatic heterocycles. The molecular weight excluding hydrogens is 261 g/mol. The number of hydrogen-bond donors (Lipinski definition) is 1. The van der Waals surface area contributed by atoms with Gasteiger partial charge in [-0.2, -0.15) is 0 Å². The highest BCUT2D eigenvalue weighted by Crippen LogP contribution is 2.30. The molecule has 2 heterocycles. The van der Waals surface area contributed by atoms with Crippen LogP contribution in [0.5, 0.6) is 0 Å². The normalized spacial score (nSPS) is 19.9. The van der Waals surface area contributed by atoms with Crippen molar-refractivity contribution in [2.24, 2.45) is 0 Å². The summed E-state index contributed by atoms with van der Waals surface area (Å²) in [5.41, 5.74) is -0.498. The molecule has 6 heteroatoms. The number of nitrogens with zero attached hydrogens (tertiary/aromatic N) is 2. The summed E-state index contributed by atoms with van der Waals surface area (Å²) in [5.74, 6) is -0.850. The van der Waals surface area contributed by atoms with Crippen molar-refractivity contribution in [3.05, 3.63) is 29.8 Å². The Kier molecular flexibility index (Phi) is 4.67. The molecule has 0 saturated carbocycles. The standard InChI is InChI=1S/C14H20FN3O2/c1-14(13(19)20-2,11-8-12(15)10-17-9-11)18-6-3-4-16-5-7-18/h8-10,16H,3-7H2,1-2H3. The maximum absolute atomic E-state index is 13.5. The molecule has 1 aromatic heterocycles. The van der Waals surface area contributed by atoms with Crippen LogP contribution in [0, 0.1) is 5.82 Å². The summed E-state index contributed by atoms with van der Waals surface area (Å²) in [7, 11) is 1.35. The van der Waals surface area contributed by atoms with E-state index in [4.69, 9.17) is 4.74 Å². The molecule has 1 aliphatic rings. The number of halogens is 1. The Morgan fingerprint density at radius 3 is 2.95 bits per heavy atom. The molecule has 1 saturated heterocycles. The Bertz CT molecular complexity index is 475. The number of methoxy groups -OCH3 is 1. The van der Waals surface area contributed by atoms with Crippen LogP contribution in [0.2, 0.25) is 0 Å². The molecule has 1 fully saturated rings. The van der Waals surface area contributed by atoms with Crippen molar-refractivity contribution < 1.29 is 13.9 Å². The number of aromatic nitrogens is 1. The minimum Gasteiger partial charge on any atom is -0.467 e. The smallest absolute Gasteiger partial charge is 0.330 e. The zero-order chi connectivity index (χ0) is 14.6. The molecule has 2 rings (SSSR count). The molecule has 1 N–H and O–H groups in total. The molecule has 20 heavy (non-hydrogen) atoms. The summed E-state index contributed by atoms with van der Waals surface area (Å²) in [5, 5.41) is 3.29. The summed E-state index contributed by atoms with van der Waals surface area (Å²) in [6.07, 6.45) is 3.58. The number of pyridine rings is 1. The number of rotatable bonds is 3. The van der Waals surface area contributed by atoms with E-state index in [0.717, 1.165) is 32.3 Å². The lowest BCUT2D eigenvalue weighted by molar-refractivity contribution is -0.155. The number of ether oxygens (including phenoxy) is 1. The maximum Gasteiger partial charge on any atom is 0.330 e. The van der Waals surface area contributed by atoms with Crippen molar-refractivity contribution in [2.45, 2.75) is 18.9 Å². The van der Waals surface area contributed by atoms with Gasteiger partial charge in [0.15, 0.2) is 0 Å². The van der Waals surface area contributed by atoms with Crippen molar-refractivity contribution in [1.82, 2.24) is 15.2 Å². The minimum absolute atomic E-state index is 0.396. The van der Waals surface area contributed by atoms with E-state index in [1.165, 1.54) is 19.4 Å². The third kappa shape index (κ3) is 2.81. The lowest BCUT2D eigenvalue weighted by Gasteiger charge is -2.38. The van der Waals surface area contributed by atoms with Gasteiger partial charge in [0.05, 0.1) is 13.3 Å². The van der Waals surface area contributed by atoms with Gasteiger partial charge in [0.25, 0.3) is 0 Å². The fraction of sp³-hybridized carbons (Fsp3) is 0.571. The summed E-state index contributed by atoms with van der Waals surface area (Å²) in [6, 6.07) is 1.35. The van der Waals surface area contributed by atoms with Crippen LogP contribution in [0.4, 0.5) is 4.39 Å². The summed E-state index contributed by atoms with van der Waals surface area (Å²) in [4.78, 5) is 18.2. The first-order valence-electron chi connectivity index (χ1n) is 6.74. The summed E-state index contributed by atoms with van der Waals surface area (Å²) < 4.78 is 18.4. The highest BCUT2D eigenvalue weighted by Gasteiger charge is 2.42. The molecular formula is C14H20FN3O2. The topological polar surface area (TPSA) is 54.5 Å². The van der Waals surface area contributed by atoms with Crippen LogP contribution in [0.25, 0.3) is 0 Å². The average Bonchev–Trinajstić information content (AvgIpc) is 2.75. The quantitative estimate of drug-likeness (QED) is 0.834. The molecule has 0 radical (unpaired) electrons. The van der Waals surface area contributed by atoms with Gasteiger partial charge >= 0.3 is 5.97 Å². The molecule has 0 bridgehead atoms. The van der Waals surface area contributed by atoms with Gasteiger partial charge in [-0.05, 0) is 26.0 Å². The van der Waals surface area contributed by atoms with Crippen molar-refractivity contribution >= 4 is 5.97 Å². The van der Waals surface area contributed by atoms with Gasteiger partial charge in [0, 0.05) is 31.4 Å². The van der Waals surface area contributed by atoms with E-state index in [1.807, 2.05) is 4.90 Å². The molecule has 1 atom stereocenters. The van der Waals surface area contributed by atoms with Crippen LogP contribution in [0.3, 0.4) is 0 Å². The number of esters is 1. The summed E-state index contributed by atoms with van der Waals surface area (Å²) in [6.45, 7) is 4.91. The Balaban J connectivity index is 2.41. The number of nitrogens with one attached hydrogen (secondary N) is 1. The number of hydrogen-bond acceptors (Lipinski definition) is 5. The molecule has 1 unspecified atom stereocenters. The van der Waals surface area contributed by atoms with Gasteiger partial charge in [0.2, 0.25) is 0 Å². The van der Waals surface area contributed by atoms with Crippen molar-refractivity contribution in [3.63, 3.8) is 0 Å². The predicted molar refractivity (Wildman–Crippen MR) is 72.6 cm³/mol. The maximum atomic E-state index is 13.5. The highest BCUT2D eigenvalue weighted by molar-refractivity contribution is 5.82. The molecule has 5 nitrogen and oxygen atoms in total. The lowest BCUT2D eigenvalue weighted by Crippen LogP contribution is -2.51. The van der Waals surface area contributed by atoms with Crippen LogP contribution >= 0.6 is 0 Å². The van der Waals surface area contributed by atoms with E-state index in [2.05, 4.69) is 10.3 Å². The second-order valence-electron chi connectivity index (χ2n) is 5.05. The zero-order valence-corrected chi connectivity index (χ0v) is 11.9. The Hall–Kier alpha value is -1.53. The molecule has 0 spiro atoms.